The summed E-state index contributed by atoms with van der Waals surface area (Å²) in [6.07, 6.45) is 14.0. The molecule has 0 saturated carbocycles. The van der Waals surface area contributed by atoms with Crippen molar-refractivity contribution in [1.82, 2.24) is 5.32 Å². The number of aliphatic hydroxyl groups is 1. The molecular weight excluding hydrogens is 570 g/mol. The van der Waals surface area contributed by atoms with Crippen LogP contribution in [-0.4, -0.2) is 41.7 Å². The molecule has 1 aliphatic heterocycles. The number of phenols is 1. The van der Waals surface area contributed by atoms with Gasteiger partial charge in [-0.15, -0.1) is 0 Å². The van der Waals surface area contributed by atoms with Crippen molar-refractivity contribution in [3.63, 3.8) is 0 Å². The molecule has 248 valence electrons. The minimum Gasteiger partial charge on any atom is -0.507 e. The second-order valence-electron chi connectivity index (χ2n) is 13.1. The zero-order valence-corrected chi connectivity index (χ0v) is 28.7. The van der Waals surface area contributed by atoms with E-state index in [-0.39, 0.29) is 18.8 Å². The highest BCUT2D eigenvalue weighted by Gasteiger charge is 2.40. The van der Waals surface area contributed by atoms with Gasteiger partial charge in [-0.1, -0.05) is 130 Å². The summed E-state index contributed by atoms with van der Waals surface area (Å²) in [7, 11) is 0. The topological polar surface area (TPSA) is 86.4 Å². The van der Waals surface area contributed by atoms with E-state index >= 15 is 0 Å². The highest BCUT2D eigenvalue weighted by Crippen LogP contribution is 2.44. The summed E-state index contributed by atoms with van der Waals surface area (Å²) in [5, 5.41) is 25.9. The number of nitrogens with one attached hydrogen (secondary N) is 1. The Hall–Kier alpha value is -3.48. The Balaban J connectivity index is 1.46. The van der Waals surface area contributed by atoms with Crippen molar-refractivity contribution in [3.8, 4) is 5.75 Å². The molecule has 4 rings (SSSR count). The summed E-state index contributed by atoms with van der Waals surface area (Å²) < 4.78 is 5.84. The fraction of sp³-hybridized carbons (Fsp3) is 0.500. The highest BCUT2D eigenvalue weighted by atomic mass is 16.5. The smallest absolute Gasteiger partial charge is 0.209 e. The van der Waals surface area contributed by atoms with Gasteiger partial charge in [-0.05, 0) is 50.8 Å². The van der Waals surface area contributed by atoms with Crippen LogP contribution in [0.25, 0.3) is 0 Å². The van der Waals surface area contributed by atoms with Crippen LogP contribution in [0.2, 0.25) is 0 Å². The van der Waals surface area contributed by atoms with Gasteiger partial charge >= 0.3 is 0 Å². The van der Waals surface area contributed by atoms with Crippen LogP contribution in [0, 0.1) is 27.7 Å². The van der Waals surface area contributed by atoms with Gasteiger partial charge in [0.15, 0.2) is 0 Å². The van der Waals surface area contributed by atoms with Crippen molar-refractivity contribution in [2.75, 3.05) is 13.2 Å². The second kappa shape index (κ2) is 17.4. The van der Waals surface area contributed by atoms with Crippen molar-refractivity contribution in [2.45, 2.75) is 117 Å². The Labute approximate surface area is 277 Å². The van der Waals surface area contributed by atoms with Crippen LogP contribution < -0.4 is 5.32 Å². The van der Waals surface area contributed by atoms with Crippen LogP contribution in [-0.2, 0) is 16.8 Å². The molecule has 0 aromatic heterocycles. The van der Waals surface area contributed by atoms with Crippen molar-refractivity contribution in [3.05, 3.63) is 99.1 Å². The molecule has 2 unspecified atom stereocenters. The zero-order valence-electron chi connectivity index (χ0n) is 28.7. The Kier molecular flexibility index (Phi) is 13.4. The molecule has 3 N–H and O–H groups in total. The van der Waals surface area contributed by atoms with Gasteiger partial charge < -0.3 is 20.3 Å². The van der Waals surface area contributed by atoms with Crippen molar-refractivity contribution < 1.29 is 14.9 Å². The van der Waals surface area contributed by atoms with Crippen LogP contribution in [0.3, 0.4) is 0 Å². The molecule has 1 heterocycles. The number of unbranched alkanes of at least 4 members (excludes halogenated alkanes) is 9. The molecule has 6 nitrogen and oxygen atoms in total. The van der Waals surface area contributed by atoms with Gasteiger partial charge in [0.2, 0.25) is 5.66 Å². The number of hydrogen-bond acceptors (Lipinski definition) is 6. The van der Waals surface area contributed by atoms with E-state index in [1.807, 2.05) is 18.2 Å². The van der Waals surface area contributed by atoms with E-state index in [9.17, 15) is 10.2 Å². The van der Waals surface area contributed by atoms with Gasteiger partial charge in [0.25, 0.3) is 0 Å². The number of benzene rings is 3. The van der Waals surface area contributed by atoms with Gasteiger partial charge in [-0.25, -0.2) is 9.98 Å². The molecule has 0 aliphatic carbocycles. The molecule has 46 heavy (non-hydrogen) atoms. The maximum Gasteiger partial charge on any atom is 0.209 e. The number of phenolic OH excluding ortho intramolecular Hbond substituents is 1. The normalized spacial score (nSPS) is 16.7. The molecule has 0 amide bonds. The maximum absolute atomic E-state index is 11.8. The van der Waals surface area contributed by atoms with Crippen molar-refractivity contribution in [2.24, 2.45) is 9.98 Å². The van der Waals surface area contributed by atoms with Gasteiger partial charge in [-0.2, -0.15) is 0 Å². The first-order chi connectivity index (χ1) is 22.2. The van der Waals surface area contributed by atoms with Gasteiger partial charge in [0, 0.05) is 29.7 Å². The average Bonchev–Trinajstić information content (AvgIpc) is 3.02. The number of ether oxygens (including phenoxy) is 1. The first-order valence-electron chi connectivity index (χ1n) is 17.4. The minimum absolute atomic E-state index is 0.0963. The standard InChI is InChI=1S/C40H55N3O3/c1-6-7-8-9-10-11-12-13-14-15-23-46-27-34(44)26-33-17-16-18-37(38(33)45)40(36-22-20-30(3)25-32(36)5)42-28-41-39(43-40)35-21-19-29(2)24-31(35)4/h16-22,24-25,28,34,44-45H,6-15,23,26-27H2,1-5H3,(H,41,42,43). The summed E-state index contributed by atoms with van der Waals surface area (Å²) in [4.78, 5) is 10.2. The molecule has 0 saturated heterocycles. The lowest BCUT2D eigenvalue weighted by Gasteiger charge is -2.33. The van der Waals surface area contributed by atoms with Gasteiger partial charge in [-0.3, -0.25) is 0 Å². The van der Waals surface area contributed by atoms with Crippen LogP contribution in [0.5, 0.6) is 5.75 Å². The number of aliphatic imine (C=N–C) groups is 2. The van der Waals surface area contributed by atoms with Crippen molar-refractivity contribution in [1.29, 1.82) is 0 Å². The first kappa shape index (κ1) is 35.4. The third-order valence-corrected chi connectivity index (χ3v) is 9.02. The summed E-state index contributed by atoms with van der Waals surface area (Å²) in [5.41, 5.74) is 6.37. The lowest BCUT2D eigenvalue weighted by atomic mass is 9.85. The van der Waals surface area contributed by atoms with E-state index in [0.717, 1.165) is 40.7 Å². The number of nitrogens with zero attached hydrogens (tertiary/aromatic N) is 2. The van der Waals surface area contributed by atoms with E-state index in [1.54, 1.807) is 6.34 Å². The summed E-state index contributed by atoms with van der Waals surface area (Å²) >= 11 is 0. The molecule has 0 radical (unpaired) electrons. The average molecular weight is 626 g/mol. The van der Waals surface area contributed by atoms with Gasteiger partial charge in [0.1, 0.15) is 11.6 Å². The van der Waals surface area contributed by atoms with Crippen LogP contribution in [0.4, 0.5) is 0 Å². The molecule has 1 aliphatic rings. The third-order valence-electron chi connectivity index (χ3n) is 9.02. The van der Waals surface area contributed by atoms with Crippen LogP contribution in [0.15, 0.2) is 64.6 Å². The first-order valence-corrected chi connectivity index (χ1v) is 17.4. The molecule has 0 bridgehead atoms. The number of para-hydroxylation sites is 1. The summed E-state index contributed by atoms with van der Waals surface area (Å²) in [6, 6.07) is 18.2. The Morgan fingerprint density at radius 1 is 0.783 bits per heavy atom. The van der Waals surface area contributed by atoms with E-state index in [4.69, 9.17) is 14.7 Å². The lowest BCUT2D eigenvalue weighted by molar-refractivity contribution is 0.0352. The van der Waals surface area contributed by atoms with E-state index < -0.39 is 11.8 Å². The fourth-order valence-electron chi connectivity index (χ4n) is 6.50. The number of rotatable bonds is 18. The fourth-order valence-corrected chi connectivity index (χ4v) is 6.50. The largest absolute Gasteiger partial charge is 0.507 e. The van der Waals surface area contributed by atoms with Crippen molar-refractivity contribution >= 4 is 12.2 Å². The minimum atomic E-state index is -1.20. The van der Waals surface area contributed by atoms with E-state index in [1.165, 1.54) is 56.9 Å². The van der Waals surface area contributed by atoms with Gasteiger partial charge in [0.05, 0.1) is 19.0 Å². The van der Waals surface area contributed by atoms with Crippen LogP contribution >= 0.6 is 0 Å². The second-order valence-corrected chi connectivity index (χ2v) is 13.1. The molecule has 3 aromatic carbocycles. The maximum atomic E-state index is 11.8. The van der Waals surface area contributed by atoms with Crippen LogP contribution in [0.1, 0.15) is 116 Å². The summed E-state index contributed by atoms with van der Waals surface area (Å²) in [6.45, 7) is 11.4. The third kappa shape index (κ3) is 9.29. The molecule has 0 spiro atoms. The molecule has 3 aromatic rings. The lowest BCUT2D eigenvalue weighted by Crippen LogP contribution is -2.37. The number of amidine groups is 1. The monoisotopic (exact) mass is 625 g/mol. The quantitative estimate of drug-likeness (QED) is 0.123. The number of aryl methyl sites for hydroxylation is 4. The molecule has 0 fully saturated rings. The summed E-state index contributed by atoms with van der Waals surface area (Å²) in [5.74, 6) is 0.789. The molecular formula is C40H55N3O3. The SMILES string of the molecule is CCCCCCCCCCCCOCC(O)Cc1cccc(C2(c3ccc(C)cc3C)N=CNC(c3ccc(C)cc3C)=N2)c1O. The number of aromatic hydroxyl groups is 1. The predicted octanol–water partition coefficient (Wildman–Crippen LogP) is 8.75. The Morgan fingerprint density at radius 3 is 2.11 bits per heavy atom. The van der Waals surface area contributed by atoms with E-state index in [0.29, 0.717) is 23.6 Å². The predicted molar refractivity (Wildman–Crippen MR) is 191 cm³/mol. The Morgan fingerprint density at radius 2 is 1.43 bits per heavy atom. The Bertz CT molecular complexity index is 1480. The molecule has 6 heteroatoms. The number of aliphatic hydroxyl groups excluding tert-OH is 1. The van der Waals surface area contributed by atoms with E-state index in [2.05, 4.69) is 76.3 Å². The highest BCUT2D eigenvalue weighted by molar-refractivity contribution is 6.07. The number of hydrogen-bond donors (Lipinski definition) is 3. The molecule has 2 atom stereocenters. The zero-order chi connectivity index (χ0) is 32.9.